The Hall–Kier alpha value is -1.87. The largest absolute Gasteiger partial charge is 0.394 e. The van der Waals surface area contributed by atoms with E-state index in [0.29, 0.717) is 52.9 Å². The molecule has 0 fully saturated rings. The second-order valence-corrected chi connectivity index (χ2v) is 10.4. The van der Waals surface area contributed by atoms with Crippen molar-refractivity contribution in [3.63, 3.8) is 0 Å². The zero-order valence-electron chi connectivity index (χ0n) is 24.5. The summed E-state index contributed by atoms with van der Waals surface area (Å²) in [4.78, 5) is 10.3. The van der Waals surface area contributed by atoms with Gasteiger partial charge in [-0.15, -0.1) is 0 Å². The summed E-state index contributed by atoms with van der Waals surface area (Å²) in [6.07, 6.45) is 0. The number of ether oxygens (including phenoxy) is 8. The molecule has 0 saturated carbocycles. The minimum atomic E-state index is -4.22. The molecule has 0 saturated heterocycles. The number of aliphatic hydroxyl groups excluding tert-OH is 2. The zero-order chi connectivity index (χ0) is 31.4. The van der Waals surface area contributed by atoms with Gasteiger partial charge in [-0.2, -0.15) is 4.31 Å². The van der Waals surface area contributed by atoms with Crippen LogP contribution in [-0.2, 0) is 47.9 Å². The Morgan fingerprint density at radius 3 is 1.26 bits per heavy atom. The predicted octanol–water partition coefficient (Wildman–Crippen LogP) is -0.297. The van der Waals surface area contributed by atoms with E-state index in [2.05, 4.69) is 0 Å². The van der Waals surface area contributed by atoms with Gasteiger partial charge in [0.1, 0.15) is 0 Å². The zero-order valence-corrected chi connectivity index (χ0v) is 25.4. The number of hydrogen-bond donors (Lipinski definition) is 2. The molecule has 1 rings (SSSR count). The molecule has 2 N–H and O–H groups in total. The third-order valence-electron chi connectivity index (χ3n) is 5.35. The molecular weight excluding hydrogens is 596 g/mol. The van der Waals surface area contributed by atoms with Gasteiger partial charge in [0.2, 0.25) is 10.0 Å². The lowest BCUT2D eigenvalue weighted by molar-refractivity contribution is -0.387. The molecule has 0 unspecified atom stereocenters. The lowest BCUT2D eigenvalue weighted by Gasteiger charge is -2.22. The second kappa shape index (κ2) is 26.5. The molecule has 16 nitrogen and oxygen atoms in total. The predicted molar refractivity (Wildman–Crippen MR) is 153 cm³/mol. The number of nitrogens with zero attached hydrogens (tertiary/aromatic N) is 2. The van der Waals surface area contributed by atoms with Crippen molar-refractivity contribution in [2.45, 2.75) is 4.90 Å². The standard InChI is InChI=1S/C26H46N2O14S/c29-7-11-37-15-19-41-23-21-39-17-13-35-9-5-27(43(33,34)26-4-2-1-3-25(26)28(31)32)6-10-36-14-18-40-22-24-42-20-16-38-12-8-30/h1-4,29-30H,5-24H2. The van der Waals surface area contributed by atoms with Gasteiger partial charge in [-0.3, -0.25) is 10.1 Å². The van der Waals surface area contributed by atoms with E-state index in [0.717, 1.165) is 10.4 Å². The quantitative estimate of drug-likeness (QED) is 0.0609. The molecule has 0 bridgehead atoms. The highest BCUT2D eigenvalue weighted by Crippen LogP contribution is 2.26. The summed E-state index contributed by atoms with van der Waals surface area (Å²) >= 11 is 0. The maximum atomic E-state index is 13.3. The Balaban J connectivity index is 2.40. The maximum Gasteiger partial charge on any atom is 0.289 e. The first kappa shape index (κ1) is 39.2. The van der Waals surface area contributed by atoms with Crippen LogP contribution in [0.3, 0.4) is 0 Å². The number of rotatable bonds is 31. The van der Waals surface area contributed by atoms with Crippen molar-refractivity contribution in [1.29, 1.82) is 0 Å². The minimum Gasteiger partial charge on any atom is -0.394 e. The molecule has 0 amide bonds. The molecule has 0 atom stereocenters. The summed E-state index contributed by atoms with van der Waals surface area (Å²) in [5.41, 5.74) is -0.513. The molecule has 0 aliphatic carbocycles. The van der Waals surface area contributed by atoms with Gasteiger partial charge in [0.25, 0.3) is 5.69 Å². The molecule has 43 heavy (non-hydrogen) atoms. The van der Waals surface area contributed by atoms with Gasteiger partial charge in [0.05, 0.1) is 124 Å². The summed E-state index contributed by atoms with van der Waals surface area (Å²) in [5, 5.41) is 28.7. The molecule has 1 aromatic carbocycles. The highest BCUT2D eigenvalue weighted by molar-refractivity contribution is 7.89. The van der Waals surface area contributed by atoms with E-state index in [1.54, 1.807) is 0 Å². The Labute approximate surface area is 252 Å². The first-order chi connectivity index (χ1) is 20.9. The van der Waals surface area contributed by atoms with Crippen molar-refractivity contribution in [2.75, 3.05) is 132 Å². The van der Waals surface area contributed by atoms with Crippen LogP contribution in [0, 0.1) is 10.1 Å². The smallest absolute Gasteiger partial charge is 0.289 e. The van der Waals surface area contributed by atoms with E-state index >= 15 is 0 Å². The Morgan fingerprint density at radius 2 is 0.907 bits per heavy atom. The number of sulfonamides is 1. The fourth-order valence-electron chi connectivity index (χ4n) is 3.30. The minimum absolute atomic E-state index is 0.0368. The van der Waals surface area contributed by atoms with Crippen LogP contribution in [0.1, 0.15) is 0 Å². The molecule has 250 valence electrons. The van der Waals surface area contributed by atoms with Crippen LogP contribution in [0.5, 0.6) is 0 Å². The molecule has 0 aliphatic rings. The molecule has 17 heteroatoms. The van der Waals surface area contributed by atoms with Gasteiger partial charge >= 0.3 is 0 Å². The SMILES string of the molecule is O=[N+]([O-])c1ccccc1S(=O)(=O)N(CCOCCOCCOCCOCCO)CCOCCOCCOCCOCCO. The Bertz CT molecular complexity index is 895. The summed E-state index contributed by atoms with van der Waals surface area (Å²) < 4.78 is 70.4. The van der Waals surface area contributed by atoms with E-state index in [-0.39, 0.29) is 79.2 Å². The fraction of sp³-hybridized carbons (Fsp3) is 0.769. The normalized spacial score (nSPS) is 11.9. The lowest BCUT2D eigenvalue weighted by atomic mass is 10.3. The molecule has 0 aromatic heterocycles. The van der Waals surface area contributed by atoms with Gasteiger partial charge in [-0.05, 0) is 6.07 Å². The third kappa shape index (κ3) is 19.2. The van der Waals surface area contributed by atoms with Crippen LogP contribution < -0.4 is 0 Å². The second-order valence-electron chi connectivity index (χ2n) is 8.48. The van der Waals surface area contributed by atoms with Crippen molar-refractivity contribution in [3.8, 4) is 0 Å². The van der Waals surface area contributed by atoms with Gasteiger partial charge < -0.3 is 48.1 Å². The van der Waals surface area contributed by atoms with E-state index < -0.39 is 25.5 Å². The van der Waals surface area contributed by atoms with Crippen LogP contribution >= 0.6 is 0 Å². The lowest BCUT2D eigenvalue weighted by Crippen LogP contribution is -2.37. The number of para-hydroxylation sites is 1. The topological polar surface area (TPSA) is 195 Å². The molecule has 0 spiro atoms. The summed E-state index contributed by atoms with van der Waals surface area (Å²) in [6, 6.07) is 5.17. The highest BCUT2D eigenvalue weighted by atomic mass is 32.2. The fourth-order valence-corrected chi connectivity index (χ4v) is 4.87. The molecule has 0 aliphatic heterocycles. The van der Waals surface area contributed by atoms with E-state index in [1.807, 2.05) is 0 Å². The van der Waals surface area contributed by atoms with Gasteiger partial charge in [0, 0.05) is 19.2 Å². The van der Waals surface area contributed by atoms with Gasteiger partial charge in [0.15, 0.2) is 4.90 Å². The molecule has 1 aromatic rings. The Kier molecular flexibility index (Phi) is 24.2. The Morgan fingerprint density at radius 1 is 0.581 bits per heavy atom. The van der Waals surface area contributed by atoms with Crippen LogP contribution in [0.4, 0.5) is 5.69 Å². The average molecular weight is 643 g/mol. The molecule has 0 radical (unpaired) electrons. The molecule has 0 heterocycles. The number of nitro groups is 1. The van der Waals surface area contributed by atoms with Gasteiger partial charge in [-0.1, -0.05) is 12.1 Å². The van der Waals surface area contributed by atoms with Crippen LogP contribution in [0.2, 0.25) is 0 Å². The highest BCUT2D eigenvalue weighted by Gasteiger charge is 2.31. The van der Waals surface area contributed by atoms with Crippen LogP contribution in [-0.4, -0.2) is 160 Å². The number of nitro benzene ring substituents is 1. The monoisotopic (exact) mass is 642 g/mol. The van der Waals surface area contributed by atoms with E-state index in [4.69, 9.17) is 48.1 Å². The first-order valence-electron chi connectivity index (χ1n) is 14.0. The van der Waals surface area contributed by atoms with Crippen LogP contribution in [0.15, 0.2) is 29.2 Å². The average Bonchev–Trinajstić information content (AvgIpc) is 3.00. The number of hydrogen-bond acceptors (Lipinski definition) is 14. The van der Waals surface area contributed by atoms with Crippen molar-refractivity contribution >= 4 is 15.7 Å². The third-order valence-corrected chi connectivity index (χ3v) is 7.30. The van der Waals surface area contributed by atoms with Gasteiger partial charge in [-0.25, -0.2) is 8.42 Å². The van der Waals surface area contributed by atoms with Crippen molar-refractivity contribution < 1.29 is 61.4 Å². The summed E-state index contributed by atoms with van der Waals surface area (Å²) in [6.45, 7) is 4.36. The van der Waals surface area contributed by atoms with Crippen molar-refractivity contribution in [3.05, 3.63) is 34.4 Å². The van der Waals surface area contributed by atoms with E-state index in [1.165, 1.54) is 18.2 Å². The van der Waals surface area contributed by atoms with Crippen LogP contribution in [0.25, 0.3) is 0 Å². The maximum absolute atomic E-state index is 13.3. The van der Waals surface area contributed by atoms with Crippen molar-refractivity contribution in [2.24, 2.45) is 0 Å². The number of aliphatic hydroxyl groups is 2. The first-order valence-corrected chi connectivity index (χ1v) is 15.5. The van der Waals surface area contributed by atoms with Crippen molar-refractivity contribution in [1.82, 2.24) is 4.31 Å². The summed E-state index contributed by atoms with van der Waals surface area (Å²) in [7, 11) is -4.22. The molecular formula is C26H46N2O14S. The number of benzene rings is 1. The van der Waals surface area contributed by atoms with E-state index in [9.17, 15) is 18.5 Å². The summed E-state index contributed by atoms with van der Waals surface area (Å²) in [5.74, 6) is 0.